The SMILES string of the molecule is COC(C)CNCc1cc(-c2cccs2)cs1. The monoisotopic (exact) mass is 267 g/mol. The van der Waals surface area contributed by atoms with Gasteiger partial charge in [0.1, 0.15) is 0 Å². The van der Waals surface area contributed by atoms with Crippen molar-refractivity contribution in [3.63, 3.8) is 0 Å². The molecule has 17 heavy (non-hydrogen) atoms. The molecule has 2 nitrogen and oxygen atoms in total. The predicted molar refractivity (Wildman–Crippen MR) is 75.8 cm³/mol. The lowest BCUT2D eigenvalue weighted by molar-refractivity contribution is 0.117. The standard InChI is InChI=1S/C13H17NOS2/c1-10(15-2)7-14-8-12-6-11(9-17-12)13-4-3-5-16-13/h3-6,9-10,14H,7-8H2,1-2H3. The van der Waals surface area contributed by atoms with Crippen LogP contribution >= 0.6 is 22.7 Å². The molecule has 0 saturated heterocycles. The van der Waals surface area contributed by atoms with E-state index in [9.17, 15) is 0 Å². The van der Waals surface area contributed by atoms with Crippen molar-refractivity contribution in [3.8, 4) is 10.4 Å². The van der Waals surface area contributed by atoms with Gasteiger partial charge in [-0.3, -0.25) is 0 Å². The second kappa shape index (κ2) is 6.31. The molecule has 1 atom stereocenters. The normalized spacial score (nSPS) is 12.8. The van der Waals surface area contributed by atoms with Gasteiger partial charge in [-0.05, 0) is 29.8 Å². The predicted octanol–water partition coefficient (Wildman–Crippen LogP) is 3.60. The molecule has 2 rings (SSSR count). The van der Waals surface area contributed by atoms with Gasteiger partial charge in [0, 0.05) is 35.5 Å². The molecule has 0 aliphatic heterocycles. The van der Waals surface area contributed by atoms with Gasteiger partial charge < -0.3 is 10.1 Å². The van der Waals surface area contributed by atoms with Crippen LogP contribution in [-0.2, 0) is 11.3 Å². The summed E-state index contributed by atoms with van der Waals surface area (Å²) in [5.74, 6) is 0. The van der Waals surface area contributed by atoms with E-state index >= 15 is 0 Å². The highest BCUT2D eigenvalue weighted by atomic mass is 32.1. The molecule has 0 aliphatic rings. The number of thiophene rings is 2. The number of rotatable bonds is 6. The van der Waals surface area contributed by atoms with Crippen molar-refractivity contribution in [1.29, 1.82) is 0 Å². The second-order valence-electron chi connectivity index (χ2n) is 3.96. The van der Waals surface area contributed by atoms with Gasteiger partial charge in [0.15, 0.2) is 0 Å². The van der Waals surface area contributed by atoms with Gasteiger partial charge in [0.25, 0.3) is 0 Å². The highest BCUT2D eigenvalue weighted by Crippen LogP contribution is 2.29. The van der Waals surface area contributed by atoms with Crippen LogP contribution in [0, 0.1) is 0 Å². The molecular formula is C13H17NOS2. The Morgan fingerprint density at radius 1 is 1.41 bits per heavy atom. The zero-order valence-electron chi connectivity index (χ0n) is 10.1. The third-order valence-electron chi connectivity index (χ3n) is 2.59. The minimum atomic E-state index is 0.270. The number of hydrogen-bond donors (Lipinski definition) is 1. The van der Waals surface area contributed by atoms with Crippen LogP contribution < -0.4 is 5.32 Å². The molecular weight excluding hydrogens is 250 g/mol. The fourth-order valence-electron chi connectivity index (χ4n) is 1.53. The average molecular weight is 267 g/mol. The Morgan fingerprint density at radius 2 is 2.29 bits per heavy atom. The highest BCUT2D eigenvalue weighted by Gasteiger charge is 2.04. The van der Waals surface area contributed by atoms with Crippen LogP contribution in [0.2, 0.25) is 0 Å². The van der Waals surface area contributed by atoms with Crippen molar-refractivity contribution in [2.24, 2.45) is 0 Å². The van der Waals surface area contributed by atoms with Crippen molar-refractivity contribution >= 4 is 22.7 Å². The number of nitrogens with one attached hydrogen (secondary N) is 1. The van der Waals surface area contributed by atoms with E-state index in [2.05, 4.69) is 41.2 Å². The largest absolute Gasteiger partial charge is 0.380 e. The molecule has 0 bridgehead atoms. The fraction of sp³-hybridized carbons (Fsp3) is 0.385. The lowest BCUT2D eigenvalue weighted by Crippen LogP contribution is -2.25. The van der Waals surface area contributed by atoms with E-state index in [1.807, 2.05) is 11.3 Å². The molecule has 2 aromatic heterocycles. The topological polar surface area (TPSA) is 21.3 Å². The summed E-state index contributed by atoms with van der Waals surface area (Å²) in [6.45, 7) is 3.88. The van der Waals surface area contributed by atoms with Crippen LogP contribution in [0.3, 0.4) is 0 Å². The van der Waals surface area contributed by atoms with E-state index in [0.717, 1.165) is 13.1 Å². The van der Waals surface area contributed by atoms with Crippen molar-refractivity contribution in [2.45, 2.75) is 19.6 Å². The van der Waals surface area contributed by atoms with E-state index in [-0.39, 0.29) is 6.10 Å². The Labute approximate surface area is 110 Å². The Hall–Kier alpha value is -0.680. The summed E-state index contributed by atoms with van der Waals surface area (Å²) in [5.41, 5.74) is 1.33. The van der Waals surface area contributed by atoms with Crippen LogP contribution in [0.5, 0.6) is 0 Å². The van der Waals surface area contributed by atoms with Gasteiger partial charge in [-0.2, -0.15) is 0 Å². The minimum Gasteiger partial charge on any atom is -0.380 e. The summed E-state index contributed by atoms with van der Waals surface area (Å²) in [7, 11) is 1.74. The molecule has 0 fully saturated rings. The Kier molecular flexibility index (Phi) is 4.74. The Balaban J connectivity index is 1.87. The maximum atomic E-state index is 5.19. The summed E-state index contributed by atoms with van der Waals surface area (Å²) in [6.07, 6.45) is 0.270. The molecule has 1 unspecified atom stereocenters. The average Bonchev–Trinajstić information content (AvgIpc) is 2.98. The van der Waals surface area contributed by atoms with Crippen LogP contribution in [0.4, 0.5) is 0 Å². The molecule has 92 valence electrons. The van der Waals surface area contributed by atoms with Gasteiger partial charge in [-0.1, -0.05) is 6.07 Å². The van der Waals surface area contributed by atoms with Crippen LogP contribution in [0.25, 0.3) is 10.4 Å². The van der Waals surface area contributed by atoms with Crippen LogP contribution in [-0.4, -0.2) is 19.8 Å². The molecule has 0 aromatic carbocycles. The lowest BCUT2D eigenvalue weighted by Gasteiger charge is -2.09. The van der Waals surface area contributed by atoms with E-state index in [4.69, 9.17) is 4.74 Å². The summed E-state index contributed by atoms with van der Waals surface area (Å²) in [4.78, 5) is 2.72. The molecule has 0 aliphatic carbocycles. The first-order valence-corrected chi connectivity index (χ1v) is 7.40. The zero-order valence-corrected chi connectivity index (χ0v) is 11.7. The van der Waals surface area contributed by atoms with E-state index in [0.29, 0.717) is 0 Å². The highest BCUT2D eigenvalue weighted by molar-refractivity contribution is 7.14. The number of methoxy groups -OCH3 is 1. The number of ether oxygens (including phenoxy) is 1. The van der Waals surface area contributed by atoms with E-state index in [1.54, 1.807) is 18.4 Å². The van der Waals surface area contributed by atoms with Gasteiger partial charge in [-0.25, -0.2) is 0 Å². The van der Waals surface area contributed by atoms with Crippen LogP contribution in [0.15, 0.2) is 29.0 Å². The van der Waals surface area contributed by atoms with Gasteiger partial charge in [0.2, 0.25) is 0 Å². The molecule has 0 saturated carbocycles. The zero-order chi connectivity index (χ0) is 12.1. The maximum absolute atomic E-state index is 5.19. The first kappa shape index (κ1) is 12.8. The van der Waals surface area contributed by atoms with Gasteiger partial charge in [-0.15, -0.1) is 22.7 Å². The van der Waals surface area contributed by atoms with E-state index < -0.39 is 0 Å². The second-order valence-corrected chi connectivity index (χ2v) is 5.90. The number of hydrogen-bond acceptors (Lipinski definition) is 4. The summed E-state index contributed by atoms with van der Waals surface area (Å²) in [6, 6.07) is 6.52. The molecule has 0 amide bonds. The summed E-state index contributed by atoms with van der Waals surface area (Å²) in [5, 5.41) is 7.74. The summed E-state index contributed by atoms with van der Waals surface area (Å²) < 4.78 is 5.19. The third kappa shape index (κ3) is 3.64. The lowest BCUT2D eigenvalue weighted by atomic mass is 10.2. The molecule has 4 heteroatoms. The first-order chi connectivity index (χ1) is 8.29. The maximum Gasteiger partial charge on any atom is 0.0667 e. The van der Waals surface area contributed by atoms with Crippen molar-refractivity contribution < 1.29 is 4.74 Å². The molecule has 2 aromatic rings. The van der Waals surface area contributed by atoms with Crippen molar-refractivity contribution in [3.05, 3.63) is 33.8 Å². The molecule has 0 radical (unpaired) electrons. The smallest absolute Gasteiger partial charge is 0.0667 e. The van der Waals surface area contributed by atoms with Gasteiger partial charge >= 0.3 is 0 Å². The minimum absolute atomic E-state index is 0.270. The fourth-order valence-corrected chi connectivity index (χ4v) is 3.17. The van der Waals surface area contributed by atoms with Gasteiger partial charge in [0.05, 0.1) is 6.10 Å². The van der Waals surface area contributed by atoms with Crippen molar-refractivity contribution in [2.75, 3.05) is 13.7 Å². The quantitative estimate of drug-likeness (QED) is 0.863. The Bertz CT molecular complexity index is 436. The first-order valence-electron chi connectivity index (χ1n) is 5.64. The summed E-state index contributed by atoms with van der Waals surface area (Å²) >= 11 is 3.60. The third-order valence-corrected chi connectivity index (χ3v) is 4.45. The molecule has 0 spiro atoms. The van der Waals surface area contributed by atoms with E-state index in [1.165, 1.54) is 15.3 Å². The molecule has 1 N–H and O–H groups in total. The molecule has 2 heterocycles. The van der Waals surface area contributed by atoms with Crippen LogP contribution in [0.1, 0.15) is 11.8 Å². The van der Waals surface area contributed by atoms with Crippen molar-refractivity contribution in [1.82, 2.24) is 5.32 Å². The Morgan fingerprint density at radius 3 is 3.00 bits per heavy atom.